The van der Waals surface area contributed by atoms with Crippen molar-refractivity contribution in [3.63, 3.8) is 0 Å². The highest BCUT2D eigenvalue weighted by atomic mass is 19.1. The maximum atomic E-state index is 13.4. The Balaban J connectivity index is 2.10. The lowest BCUT2D eigenvalue weighted by atomic mass is 10.1. The minimum absolute atomic E-state index is 0.136. The van der Waals surface area contributed by atoms with Crippen LogP contribution in [0.15, 0.2) is 30.3 Å². The summed E-state index contributed by atoms with van der Waals surface area (Å²) in [5.74, 6) is -0.432. The van der Waals surface area contributed by atoms with E-state index in [0.717, 1.165) is 12.8 Å². The molecule has 0 heterocycles. The number of halogens is 1. The lowest BCUT2D eigenvalue weighted by Gasteiger charge is -2.03. The molecule has 0 spiro atoms. The first-order valence-electron chi connectivity index (χ1n) is 5.40. The van der Waals surface area contributed by atoms with Gasteiger partial charge in [-0.1, -0.05) is 18.2 Å². The van der Waals surface area contributed by atoms with Gasteiger partial charge in [0.15, 0.2) is 0 Å². The van der Waals surface area contributed by atoms with Crippen molar-refractivity contribution in [2.24, 2.45) is 0 Å². The zero-order valence-electron chi connectivity index (χ0n) is 9.16. The summed E-state index contributed by atoms with van der Waals surface area (Å²) in [6.45, 7) is 1.74. The van der Waals surface area contributed by atoms with Crippen molar-refractivity contribution < 1.29 is 9.18 Å². The molecule has 2 nitrogen and oxygen atoms in total. The molecule has 1 aromatic carbocycles. The first kappa shape index (κ1) is 10.9. The van der Waals surface area contributed by atoms with E-state index in [2.05, 4.69) is 5.32 Å². The van der Waals surface area contributed by atoms with Crippen LogP contribution in [0.4, 0.5) is 4.39 Å². The lowest BCUT2D eigenvalue weighted by Crippen LogP contribution is -2.23. The van der Waals surface area contributed by atoms with Crippen LogP contribution in [0.3, 0.4) is 0 Å². The van der Waals surface area contributed by atoms with Gasteiger partial charge in [0.25, 0.3) is 0 Å². The predicted octanol–water partition coefficient (Wildman–Crippen LogP) is 2.51. The van der Waals surface area contributed by atoms with E-state index in [1.807, 2.05) is 0 Å². The van der Waals surface area contributed by atoms with Gasteiger partial charge in [0.2, 0.25) is 5.91 Å². The van der Waals surface area contributed by atoms with Gasteiger partial charge in [0.1, 0.15) is 5.82 Å². The Morgan fingerprint density at radius 3 is 2.75 bits per heavy atom. The molecule has 0 saturated heterocycles. The minimum atomic E-state index is -0.296. The quantitative estimate of drug-likeness (QED) is 0.777. The van der Waals surface area contributed by atoms with Crippen molar-refractivity contribution in [2.75, 3.05) is 0 Å². The van der Waals surface area contributed by atoms with Crippen LogP contribution in [0.2, 0.25) is 0 Å². The summed E-state index contributed by atoms with van der Waals surface area (Å²) in [6, 6.07) is 6.79. The van der Waals surface area contributed by atoms with E-state index >= 15 is 0 Å². The normalized spacial score (nSPS) is 16.0. The Labute approximate surface area is 94.2 Å². The van der Waals surface area contributed by atoms with Crippen LogP contribution >= 0.6 is 0 Å². The number of amides is 1. The Bertz CT molecular complexity index is 435. The van der Waals surface area contributed by atoms with Crippen LogP contribution in [0.25, 0.3) is 5.57 Å². The van der Waals surface area contributed by atoms with Crippen molar-refractivity contribution in [1.82, 2.24) is 5.32 Å². The van der Waals surface area contributed by atoms with E-state index in [1.165, 1.54) is 12.1 Å². The summed E-state index contributed by atoms with van der Waals surface area (Å²) < 4.78 is 13.4. The molecule has 1 aliphatic rings. The van der Waals surface area contributed by atoms with E-state index in [-0.39, 0.29) is 11.7 Å². The van der Waals surface area contributed by atoms with Crippen molar-refractivity contribution in [1.29, 1.82) is 0 Å². The first-order valence-corrected chi connectivity index (χ1v) is 5.40. The zero-order valence-corrected chi connectivity index (χ0v) is 9.16. The molecule has 3 heteroatoms. The number of carbonyl (C=O) groups is 1. The zero-order chi connectivity index (χ0) is 11.5. The molecule has 2 rings (SSSR count). The molecule has 0 aromatic heterocycles. The fraction of sp³-hybridized carbons (Fsp3) is 0.308. The van der Waals surface area contributed by atoms with Gasteiger partial charge in [-0.25, -0.2) is 4.39 Å². The predicted molar refractivity (Wildman–Crippen MR) is 61.2 cm³/mol. The molecule has 1 aliphatic carbocycles. The lowest BCUT2D eigenvalue weighted by molar-refractivity contribution is -0.116. The molecule has 0 aliphatic heterocycles. The van der Waals surface area contributed by atoms with Gasteiger partial charge in [-0.3, -0.25) is 4.79 Å². The van der Waals surface area contributed by atoms with Gasteiger partial charge in [-0.2, -0.15) is 0 Å². The van der Waals surface area contributed by atoms with E-state index in [0.29, 0.717) is 17.2 Å². The van der Waals surface area contributed by atoms with Gasteiger partial charge in [0, 0.05) is 17.7 Å². The summed E-state index contributed by atoms with van der Waals surface area (Å²) in [4.78, 5) is 11.5. The van der Waals surface area contributed by atoms with Crippen LogP contribution < -0.4 is 5.32 Å². The average molecular weight is 219 g/mol. The molecular formula is C13H14FNO. The number of nitrogens with one attached hydrogen (secondary N) is 1. The van der Waals surface area contributed by atoms with Crippen molar-refractivity contribution in [3.05, 3.63) is 41.7 Å². The van der Waals surface area contributed by atoms with Gasteiger partial charge in [0.05, 0.1) is 0 Å². The Hall–Kier alpha value is -1.64. The second-order valence-corrected chi connectivity index (χ2v) is 4.09. The number of benzene rings is 1. The third-order valence-corrected chi connectivity index (χ3v) is 2.57. The molecule has 1 saturated carbocycles. The summed E-state index contributed by atoms with van der Waals surface area (Å²) in [6.07, 6.45) is 3.56. The molecule has 0 unspecified atom stereocenters. The van der Waals surface area contributed by atoms with Gasteiger partial charge >= 0.3 is 0 Å². The second kappa shape index (κ2) is 4.47. The summed E-state index contributed by atoms with van der Waals surface area (Å²) in [5.41, 5.74) is 1.13. The Morgan fingerprint density at radius 2 is 2.12 bits per heavy atom. The third kappa shape index (κ3) is 2.69. The molecule has 0 radical (unpaired) electrons. The van der Waals surface area contributed by atoms with Crippen LogP contribution in [-0.2, 0) is 4.79 Å². The minimum Gasteiger partial charge on any atom is -0.350 e. The number of allylic oxidation sites excluding steroid dienone is 1. The standard InChI is InChI=1S/C13H14FNO/c1-9(8-13(16)15-10-6-7-10)11-4-2-3-5-12(11)14/h2-5,8,10H,6-7H2,1H3,(H,15,16)/b9-8-. The molecule has 1 N–H and O–H groups in total. The largest absolute Gasteiger partial charge is 0.350 e. The summed E-state index contributed by atoms with van der Waals surface area (Å²) in [5, 5.41) is 2.84. The molecule has 1 aromatic rings. The van der Waals surface area contributed by atoms with E-state index < -0.39 is 0 Å². The number of carbonyl (C=O) groups excluding carboxylic acids is 1. The maximum Gasteiger partial charge on any atom is 0.244 e. The van der Waals surface area contributed by atoms with Crippen molar-refractivity contribution in [2.45, 2.75) is 25.8 Å². The van der Waals surface area contributed by atoms with Crippen molar-refractivity contribution in [3.8, 4) is 0 Å². The van der Waals surface area contributed by atoms with Gasteiger partial charge in [-0.05, 0) is 31.4 Å². The van der Waals surface area contributed by atoms with Gasteiger partial charge < -0.3 is 5.32 Å². The fourth-order valence-electron chi connectivity index (χ4n) is 1.53. The molecule has 1 amide bonds. The Morgan fingerprint density at radius 1 is 1.44 bits per heavy atom. The molecule has 0 atom stereocenters. The average Bonchev–Trinajstić information content (AvgIpc) is 3.01. The monoisotopic (exact) mass is 219 g/mol. The summed E-state index contributed by atoms with van der Waals surface area (Å²) in [7, 11) is 0. The second-order valence-electron chi connectivity index (χ2n) is 4.09. The molecule has 0 bridgehead atoms. The maximum absolute atomic E-state index is 13.4. The third-order valence-electron chi connectivity index (χ3n) is 2.57. The number of rotatable bonds is 3. The fourth-order valence-corrected chi connectivity index (χ4v) is 1.53. The smallest absolute Gasteiger partial charge is 0.244 e. The molecule has 84 valence electrons. The molecule has 1 fully saturated rings. The molecular weight excluding hydrogens is 205 g/mol. The van der Waals surface area contributed by atoms with E-state index in [4.69, 9.17) is 0 Å². The topological polar surface area (TPSA) is 29.1 Å². The number of hydrogen-bond donors (Lipinski definition) is 1. The van der Waals surface area contributed by atoms with Crippen LogP contribution in [0.5, 0.6) is 0 Å². The highest BCUT2D eigenvalue weighted by molar-refractivity contribution is 5.95. The SMILES string of the molecule is C/C(=C/C(=O)NC1CC1)c1ccccc1F. The Kier molecular flexibility index (Phi) is 3.04. The van der Waals surface area contributed by atoms with E-state index in [1.54, 1.807) is 25.1 Å². The van der Waals surface area contributed by atoms with E-state index in [9.17, 15) is 9.18 Å². The highest BCUT2D eigenvalue weighted by Gasteiger charge is 2.22. The van der Waals surface area contributed by atoms with Crippen molar-refractivity contribution >= 4 is 11.5 Å². The first-order chi connectivity index (χ1) is 7.66. The highest BCUT2D eigenvalue weighted by Crippen LogP contribution is 2.20. The van der Waals surface area contributed by atoms with Crippen LogP contribution in [0, 0.1) is 5.82 Å². The molecule has 16 heavy (non-hydrogen) atoms. The van der Waals surface area contributed by atoms with Crippen LogP contribution in [0.1, 0.15) is 25.3 Å². The van der Waals surface area contributed by atoms with Gasteiger partial charge in [-0.15, -0.1) is 0 Å². The number of hydrogen-bond acceptors (Lipinski definition) is 1. The summed E-state index contributed by atoms with van der Waals surface area (Å²) >= 11 is 0. The van der Waals surface area contributed by atoms with Crippen LogP contribution in [-0.4, -0.2) is 11.9 Å².